The summed E-state index contributed by atoms with van der Waals surface area (Å²) in [5.41, 5.74) is 2.66. The number of esters is 1. The van der Waals surface area contributed by atoms with E-state index in [4.69, 9.17) is 4.74 Å². The molecule has 1 atom stereocenters. The van der Waals surface area contributed by atoms with Crippen molar-refractivity contribution in [3.05, 3.63) is 65.7 Å². The van der Waals surface area contributed by atoms with Gasteiger partial charge in [-0.3, -0.25) is 14.4 Å². The number of carbonyl (C=O) groups is 3. The molecule has 154 valence electrons. The fourth-order valence-corrected chi connectivity index (χ4v) is 2.60. The lowest BCUT2D eigenvalue weighted by Crippen LogP contribution is -2.36. The lowest BCUT2D eigenvalue weighted by molar-refractivity contribution is -0.152. The smallest absolute Gasteiger partial charge is 0.326 e. The van der Waals surface area contributed by atoms with Gasteiger partial charge in [-0.2, -0.15) is 0 Å². The molecule has 0 fully saturated rings. The predicted octanol–water partition coefficient (Wildman–Crippen LogP) is 3.21. The molecule has 2 rings (SSSR count). The Hall–Kier alpha value is -3.15. The minimum Gasteiger partial charge on any atom is -0.451 e. The van der Waals surface area contributed by atoms with Crippen molar-refractivity contribution in [2.45, 2.75) is 45.6 Å². The summed E-state index contributed by atoms with van der Waals surface area (Å²) in [7, 11) is 0. The molecule has 6 heteroatoms. The molecule has 6 nitrogen and oxygen atoms in total. The Morgan fingerprint density at radius 2 is 1.59 bits per heavy atom. The van der Waals surface area contributed by atoms with E-state index >= 15 is 0 Å². The summed E-state index contributed by atoms with van der Waals surface area (Å²) in [6, 6.07) is 16.7. The van der Waals surface area contributed by atoms with Crippen molar-refractivity contribution in [3.8, 4) is 0 Å². The minimum atomic E-state index is -0.976. The fraction of sp³-hybridized carbons (Fsp3) is 0.348. The summed E-state index contributed by atoms with van der Waals surface area (Å²) in [6.07, 6.45) is -0.801. The first-order valence-corrected chi connectivity index (χ1v) is 9.56. The maximum Gasteiger partial charge on any atom is 0.326 e. The summed E-state index contributed by atoms with van der Waals surface area (Å²) in [5.74, 6) is -1.39. The SMILES string of the molecule is CC(OC(=O)CNC(=O)Cc1ccccc1)C(=O)Nc1ccc(C(C)(C)C)cc1. The van der Waals surface area contributed by atoms with Gasteiger partial charge < -0.3 is 15.4 Å². The van der Waals surface area contributed by atoms with Gasteiger partial charge in [0.1, 0.15) is 6.54 Å². The fourth-order valence-electron chi connectivity index (χ4n) is 2.60. The molecule has 0 bridgehead atoms. The van der Waals surface area contributed by atoms with E-state index in [-0.39, 0.29) is 24.3 Å². The number of anilines is 1. The second-order valence-corrected chi connectivity index (χ2v) is 7.89. The van der Waals surface area contributed by atoms with E-state index in [0.717, 1.165) is 11.1 Å². The standard InChI is InChI=1S/C23H28N2O4/c1-16(22(28)25-19-12-10-18(11-13-19)23(2,3)4)29-21(27)15-24-20(26)14-17-8-6-5-7-9-17/h5-13,16H,14-15H2,1-4H3,(H,24,26)(H,25,28). The number of rotatable bonds is 7. The summed E-state index contributed by atoms with van der Waals surface area (Å²) < 4.78 is 5.10. The minimum absolute atomic E-state index is 0.0241. The number of hydrogen-bond donors (Lipinski definition) is 2. The maximum atomic E-state index is 12.2. The Kier molecular flexibility index (Phi) is 7.53. The van der Waals surface area contributed by atoms with E-state index in [0.29, 0.717) is 5.69 Å². The number of hydrogen-bond acceptors (Lipinski definition) is 4. The lowest BCUT2D eigenvalue weighted by atomic mass is 9.87. The average Bonchev–Trinajstić information content (AvgIpc) is 2.67. The van der Waals surface area contributed by atoms with E-state index in [1.54, 1.807) is 0 Å². The van der Waals surface area contributed by atoms with Crippen LogP contribution in [0.1, 0.15) is 38.8 Å². The summed E-state index contributed by atoms with van der Waals surface area (Å²) in [6.45, 7) is 7.54. The van der Waals surface area contributed by atoms with Crippen LogP contribution in [0.25, 0.3) is 0 Å². The van der Waals surface area contributed by atoms with Crippen molar-refractivity contribution in [3.63, 3.8) is 0 Å². The van der Waals surface area contributed by atoms with Crippen molar-refractivity contribution in [1.29, 1.82) is 0 Å². The molecule has 0 radical (unpaired) electrons. The van der Waals surface area contributed by atoms with Crippen molar-refractivity contribution < 1.29 is 19.1 Å². The second-order valence-electron chi connectivity index (χ2n) is 7.89. The molecule has 0 aliphatic carbocycles. The number of nitrogens with one attached hydrogen (secondary N) is 2. The highest BCUT2D eigenvalue weighted by Gasteiger charge is 2.19. The van der Waals surface area contributed by atoms with Crippen LogP contribution in [-0.4, -0.2) is 30.4 Å². The zero-order valence-electron chi connectivity index (χ0n) is 17.3. The van der Waals surface area contributed by atoms with Crippen molar-refractivity contribution >= 4 is 23.5 Å². The highest BCUT2D eigenvalue weighted by Crippen LogP contribution is 2.23. The Morgan fingerprint density at radius 3 is 2.17 bits per heavy atom. The van der Waals surface area contributed by atoms with E-state index < -0.39 is 18.0 Å². The van der Waals surface area contributed by atoms with Gasteiger partial charge in [0.15, 0.2) is 6.10 Å². The highest BCUT2D eigenvalue weighted by atomic mass is 16.5. The average molecular weight is 396 g/mol. The molecule has 0 saturated carbocycles. The summed E-state index contributed by atoms with van der Waals surface area (Å²) >= 11 is 0. The topological polar surface area (TPSA) is 84.5 Å². The normalized spacial score (nSPS) is 12.0. The van der Waals surface area contributed by atoms with Gasteiger partial charge in [0.05, 0.1) is 6.42 Å². The zero-order chi connectivity index (χ0) is 21.4. The van der Waals surface area contributed by atoms with E-state index in [1.807, 2.05) is 54.6 Å². The molecule has 0 aromatic heterocycles. The van der Waals surface area contributed by atoms with Gasteiger partial charge >= 0.3 is 5.97 Å². The Morgan fingerprint density at radius 1 is 0.966 bits per heavy atom. The largest absolute Gasteiger partial charge is 0.451 e. The first-order valence-electron chi connectivity index (χ1n) is 9.56. The molecule has 2 N–H and O–H groups in total. The molecule has 2 aromatic carbocycles. The van der Waals surface area contributed by atoms with Crippen LogP contribution in [0.4, 0.5) is 5.69 Å². The van der Waals surface area contributed by atoms with Crippen LogP contribution in [0, 0.1) is 0 Å². The lowest BCUT2D eigenvalue weighted by Gasteiger charge is -2.19. The summed E-state index contributed by atoms with van der Waals surface area (Å²) in [4.78, 5) is 36.0. The Labute approximate surface area is 171 Å². The molecule has 0 aliphatic rings. The molecule has 2 aromatic rings. The summed E-state index contributed by atoms with van der Waals surface area (Å²) in [5, 5.41) is 5.22. The van der Waals surface area contributed by atoms with Crippen molar-refractivity contribution in [1.82, 2.24) is 5.32 Å². The number of carbonyl (C=O) groups excluding carboxylic acids is 3. The van der Waals surface area contributed by atoms with Crippen LogP contribution < -0.4 is 10.6 Å². The van der Waals surface area contributed by atoms with Gasteiger partial charge in [-0.15, -0.1) is 0 Å². The van der Waals surface area contributed by atoms with Crippen LogP contribution in [0.3, 0.4) is 0 Å². The van der Waals surface area contributed by atoms with E-state index in [1.165, 1.54) is 6.92 Å². The van der Waals surface area contributed by atoms with Crippen LogP contribution in [-0.2, 0) is 31.0 Å². The van der Waals surface area contributed by atoms with Gasteiger partial charge in [0.2, 0.25) is 5.91 Å². The molecule has 0 spiro atoms. The quantitative estimate of drug-likeness (QED) is 0.704. The zero-order valence-corrected chi connectivity index (χ0v) is 17.3. The third kappa shape index (κ3) is 7.41. The highest BCUT2D eigenvalue weighted by molar-refractivity contribution is 5.95. The molecule has 0 heterocycles. The van der Waals surface area contributed by atoms with Crippen molar-refractivity contribution in [2.75, 3.05) is 11.9 Å². The van der Waals surface area contributed by atoms with Gasteiger partial charge in [-0.05, 0) is 35.6 Å². The molecule has 1 unspecified atom stereocenters. The van der Waals surface area contributed by atoms with E-state index in [9.17, 15) is 14.4 Å². The first kappa shape index (κ1) is 22.1. The Balaban J connectivity index is 1.76. The van der Waals surface area contributed by atoms with E-state index in [2.05, 4.69) is 31.4 Å². The number of amides is 2. The maximum absolute atomic E-state index is 12.2. The van der Waals surface area contributed by atoms with Crippen molar-refractivity contribution in [2.24, 2.45) is 0 Å². The van der Waals surface area contributed by atoms with Gasteiger partial charge in [-0.25, -0.2) is 0 Å². The first-order chi connectivity index (χ1) is 13.6. The monoisotopic (exact) mass is 396 g/mol. The van der Waals surface area contributed by atoms with Crippen LogP contribution in [0.15, 0.2) is 54.6 Å². The molecule has 0 saturated heterocycles. The van der Waals surface area contributed by atoms with Gasteiger partial charge in [-0.1, -0.05) is 63.2 Å². The molecule has 2 amide bonds. The van der Waals surface area contributed by atoms with Crippen LogP contribution in [0.2, 0.25) is 0 Å². The van der Waals surface area contributed by atoms with Crippen LogP contribution >= 0.6 is 0 Å². The predicted molar refractivity (Wildman–Crippen MR) is 112 cm³/mol. The number of benzene rings is 2. The molecule has 29 heavy (non-hydrogen) atoms. The van der Waals surface area contributed by atoms with Gasteiger partial charge in [0.25, 0.3) is 5.91 Å². The Bertz CT molecular complexity index is 839. The third-order valence-electron chi connectivity index (χ3n) is 4.33. The second kappa shape index (κ2) is 9.87. The van der Waals surface area contributed by atoms with Crippen LogP contribution in [0.5, 0.6) is 0 Å². The third-order valence-corrected chi connectivity index (χ3v) is 4.33. The molecular formula is C23H28N2O4. The molecule has 0 aliphatic heterocycles. The molecular weight excluding hydrogens is 368 g/mol. The van der Waals surface area contributed by atoms with Gasteiger partial charge in [0, 0.05) is 5.69 Å². The number of ether oxygens (including phenoxy) is 1.